The summed E-state index contributed by atoms with van der Waals surface area (Å²) in [4.78, 5) is 14.8. The highest BCUT2D eigenvalue weighted by Crippen LogP contribution is 2.47. The second kappa shape index (κ2) is 5.69. The average molecular weight is 303 g/mol. The van der Waals surface area contributed by atoms with Crippen molar-refractivity contribution in [3.63, 3.8) is 0 Å². The van der Waals surface area contributed by atoms with Gasteiger partial charge in [-0.3, -0.25) is 4.79 Å². The van der Waals surface area contributed by atoms with E-state index in [4.69, 9.17) is 0 Å². The molecule has 0 amide bonds. The van der Waals surface area contributed by atoms with Gasteiger partial charge >= 0.3 is 0 Å². The summed E-state index contributed by atoms with van der Waals surface area (Å²) in [5.41, 5.74) is 3.82. The van der Waals surface area contributed by atoms with Gasteiger partial charge in [0.05, 0.1) is 6.04 Å². The first kappa shape index (κ1) is 14.3. The molecule has 4 rings (SSSR count). The van der Waals surface area contributed by atoms with Gasteiger partial charge in [0.15, 0.2) is 5.78 Å². The van der Waals surface area contributed by atoms with E-state index >= 15 is 0 Å². The molecule has 0 fully saturated rings. The average Bonchev–Trinajstić information content (AvgIpc) is 3.05. The van der Waals surface area contributed by atoms with Crippen molar-refractivity contribution >= 4 is 11.5 Å². The topological polar surface area (TPSA) is 20.3 Å². The first-order chi connectivity index (χ1) is 11.3. The van der Waals surface area contributed by atoms with E-state index < -0.39 is 0 Å². The van der Waals surface area contributed by atoms with Crippen molar-refractivity contribution in [2.45, 2.75) is 31.8 Å². The molecule has 0 saturated heterocycles. The number of nitrogens with zero attached hydrogens (tertiary/aromatic N) is 1. The minimum absolute atomic E-state index is 0.0369. The Balaban J connectivity index is 1.81. The van der Waals surface area contributed by atoms with Crippen LogP contribution in [-0.2, 0) is 11.3 Å². The SMILES string of the molecule is CC(=O)C1[C@@H]2CC=C[C@@H]2c2ccccc2N1Cc1ccccc1. The summed E-state index contributed by atoms with van der Waals surface area (Å²) >= 11 is 0. The first-order valence-corrected chi connectivity index (χ1v) is 8.32. The molecule has 2 nitrogen and oxygen atoms in total. The van der Waals surface area contributed by atoms with Crippen molar-refractivity contribution in [3.05, 3.63) is 77.9 Å². The standard InChI is InChI=1S/C21H21NO/c1-15(23)21-19-12-7-11-17(19)18-10-5-6-13-20(18)22(21)14-16-8-3-2-4-9-16/h2-11,13,17,19,21H,12,14H2,1H3/t17-,19-,21?/m1/s1. The molecule has 2 aliphatic rings. The Labute approximate surface area is 137 Å². The number of ketones is 1. The highest BCUT2D eigenvalue weighted by molar-refractivity contribution is 5.87. The van der Waals surface area contributed by atoms with E-state index in [1.807, 2.05) is 6.07 Å². The molecular weight excluding hydrogens is 282 g/mol. The molecule has 1 unspecified atom stereocenters. The van der Waals surface area contributed by atoms with Crippen molar-refractivity contribution in [2.75, 3.05) is 4.90 Å². The predicted octanol–water partition coefficient (Wildman–Crippen LogP) is 4.32. The third kappa shape index (κ3) is 2.39. The van der Waals surface area contributed by atoms with Crippen LogP contribution in [0.2, 0.25) is 0 Å². The fourth-order valence-electron chi connectivity index (χ4n) is 4.23. The van der Waals surface area contributed by atoms with Crippen LogP contribution in [0.4, 0.5) is 5.69 Å². The van der Waals surface area contributed by atoms with Gasteiger partial charge in [-0.2, -0.15) is 0 Å². The van der Waals surface area contributed by atoms with Crippen molar-refractivity contribution in [1.29, 1.82) is 0 Å². The van der Waals surface area contributed by atoms with Gasteiger partial charge in [0.1, 0.15) is 0 Å². The van der Waals surface area contributed by atoms with Gasteiger partial charge in [-0.25, -0.2) is 0 Å². The molecule has 1 heterocycles. The van der Waals surface area contributed by atoms with E-state index in [1.54, 1.807) is 6.92 Å². The zero-order chi connectivity index (χ0) is 15.8. The van der Waals surface area contributed by atoms with E-state index in [9.17, 15) is 4.79 Å². The number of carbonyl (C=O) groups excluding carboxylic acids is 1. The Hall–Kier alpha value is -2.35. The molecule has 2 aromatic carbocycles. The van der Waals surface area contributed by atoms with E-state index in [1.165, 1.54) is 16.8 Å². The fraction of sp³-hybridized carbons (Fsp3) is 0.286. The molecule has 0 radical (unpaired) electrons. The highest BCUT2D eigenvalue weighted by Gasteiger charge is 2.43. The number of para-hydroxylation sites is 1. The number of anilines is 1. The molecule has 1 aliphatic carbocycles. The van der Waals surface area contributed by atoms with Crippen LogP contribution in [0, 0.1) is 5.92 Å². The Morgan fingerprint density at radius 1 is 1.09 bits per heavy atom. The van der Waals surface area contributed by atoms with Gasteiger partial charge in [0.2, 0.25) is 0 Å². The monoisotopic (exact) mass is 303 g/mol. The van der Waals surface area contributed by atoms with Crippen LogP contribution in [0.3, 0.4) is 0 Å². The molecule has 3 atom stereocenters. The summed E-state index contributed by atoms with van der Waals surface area (Å²) in [6, 6.07) is 19.0. The molecule has 23 heavy (non-hydrogen) atoms. The zero-order valence-corrected chi connectivity index (χ0v) is 13.4. The molecule has 116 valence electrons. The zero-order valence-electron chi connectivity index (χ0n) is 13.4. The summed E-state index contributed by atoms with van der Waals surface area (Å²) in [5, 5.41) is 0. The van der Waals surface area contributed by atoms with E-state index in [2.05, 4.69) is 65.6 Å². The quantitative estimate of drug-likeness (QED) is 0.787. The molecule has 0 saturated carbocycles. The Morgan fingerprint density at radius 2 is 1.83 bits per heavy atom. The van der Waals surface area contributed by atoms with Crippen LogP contribution < -0.4 is 4.90 Å². The van der Waals surface area contributed by atoms with Crippen LogP contribution in [0.5, 0.6) is 0 Å². The molecule has 0 bridgehead atoms. The highest BCUT2D eigenvalue weighted by atomic mass is 16.1. The number of hydrogen-bond acceptors (Lipinski definition) is 2. The van der Waals surface area contributed by atoms with Crippen LogP contribution in [0.25, 0.3) is 0 Å². The molecule has 1 aliphatic heterocycles. The maximum atomic E-state index is 12.5. The van der Waals surface area contributed by atoms with E-state index in [0.717, 1.165) is 13.0 Å². The lowest BCUT2D eigenvalue weighted by atomic mass is 9.76. The van der Waals surface area contributed by atoms with Crippen LogP contribution in [-0.4, -0.2) is 11.8 Å². The van der Waals surface area contributed by atoms with Crippen LogP contribution in [0.1, 0.15) is 30.4 Å². The second-order valence-electron chi connectivity index (χ2n) is 6.58. The number of allylic oxidation sites excluding steroid dienone is 2. The predicted molar refractivity (Wildman–Crippen MR) is 93.5 cm³/mol. The molecular formula is C21H21NO. The van der Waals surface area contributed by atoms with Crippen molar-refractivity contribution < 1.29 is 4.79 Å². The van der Waals surface area contributed by atoms with Crippen LogP contribution >= 0.6 is 0 Å². The van der Waals surface area contributed by atoms with Gasteiger partial charge in [-0.05, 0) is 30.5 Å². The third-order valence-corrected chi connectivity index (χ3v) is 5.17. The lowest BCUT2D eigenvalue weighted by Gasteiger charge is -2.44. The van der Waals surface area contributed by atoms with Gasteiger partial charge in [-0.15, -0.1) is 0 Å². The second-order valence-corrected chi connectivity index (χ2v) is 6.58. The lowest BCUT2D eigenvalue weighted by Crippen LogP contribution is -2.49. The number of benzene rings is 2. The summed E-state index contributed by atoms with van der Waals surface area (Å²) in [7, 11) is 0. The van der Waals surface area contributed by atoms with Crippen molar-refractivity contribution in [2.24, 2.45) is 5.92 Å². The van der Waals surface area contributed by atoms with Gasteiger partial charge in [-0.1, -0.05) is 60.7 Å². The number of rotatable bonds is 3. The summed E-state index contributed by atoms with van der Waals surface area (Å²) < 4.78 is 0. The number of fused-ring (bicyclic) bond motifs is 3. The Morgan fingerprint density at radius 3 is 2.61 bits per heavy atom. The third-order valence-electron chi connectivity index (χ3n) is 5.17. The normalized spacial score (nSPS) is 25.1. The van der Waals surface area contributed by atoms with Gasteiger partial charge in [0.25, 0.3) is 0 Å². The molecule has 0 aromatic heterocycles. The lowest BCUT2D eigenvalue weighted by molar-refractivity contribution is -0.119. The maximum Gasteiger partial charge on any atom is 0.152 e. The summed E-state index contributed by atoms with van der Waals surface area (Å²) in [6.45, 7) is 2.53. The van der Waals surface area contributed by atoms with E-state index in [0.29, 0.717) is 11.8 Å². The molecule has 0 N–H and O–H groups in total. The summed E-state index contributed by atoms with van der Waals surface area (Å²) in [6.07, 6.45) is 5.53. The molecule has 2 aromatic rings. The molecule has 0 spiro atoms. The van der Waals surface area contributed by atoms with Gasteiger partial charge < -0.3 is 4.90 Å². The largest absolute Gasteiger partial charge is 0.357 e. The molecule has 2 heteroatoms. The van der Waals surface area contributed by atoms with Crippen LogP contribution in [0.15, 0.2) is 66.7 Å². The number of hydrogen-bond donors (Lipinski definition) is 0. The minimum atomic E-state index is -0.0369. The number of carbonyl (C=O) groups is 1. The van der Waals surface area contributed by atoms with E-state index in [-0.39, 0.29) is 11.8 Å². The minimum Gasteiger partial charge on any atom is -0.357 e. The number of Topliss-reactive ketones (excluding diaryl/α,β-unsaturated/α-hetero) is 1. The fourth-order valence-corrected chi connectivity index (χ4v) is 4.23. The van der Waals surface area contributed by atoms with Crippen molar-refractivity contribution in [1.82, 2.24) is 0 Å². The van der Waals surface area contributed by atoms with Crippen molar-refractivity contribution in [3.8, 4) is 0 Å². The Kier molecular flexibility index (Phi) is 3.53. The Bertz CT molecular complexity index is 749. The smallest absolute Gasteiger partial charge is 0.152 e. The first-order valence-electron chi connectivity index (χ1n) is 8.32. The summed E-state index contributed by atoms with van der Waals surface area (Å²) in [5.74, 6) is 1.02. The maximum absolute atomic E-state index is 12.5. The van der Waals surface area contributed by atoms with Gasteiger partial charge in [0, 0.05) is 24.1 Å².